The molecule has 5 heteroatoms. The van der Waals surface area contributed by atoms with Crippen LogP contribution in [0.1, 0.15) is 38.2 Å². The molecule has 1 atom stereocenters. The molecular weight excluding hydrogens is 340 g/mol. The first kappa shape index (κ1) is 19.5. The highest BCUT2D eigenvalue weighted by atomic mass is 16.6. The van der Waals surface area contributed by atoms with Gasteiger partial charge >= 0.3 is 6.09 Å². The van der Waals surface area contributed by atoms with Crippen molar-refractivity contribution in [3.8, 4) is 0 Å². The zero-order valence-electron chi connectivity index (χ0n) is 16.2. The molecule has 146 valence electrons. The molecule has 2 saturated heterocycles. The number of hydrogen-bond donors (Lipinski definition) is 0. The summed E-state index contributed by atoms with van der Waals surface area (Å²) in [7, 11) is 0. The molecule has 2 aliphatic rings. The Morgan fingerprint density at radius 2 is 1.89 bits per heavy atom. The second kappa shape index (κ2) is 9.58. The first-order chi connectivity index (χ1) is 13.2. The minimum atomic E-state index is -0.221. The third kappa shape index (κ3) is 5.34. The number of allylic oxidation sites excluding steroid dienone is 1. The Hall–Kier alpha value is -2.30. The van der Waals surface area contributed by atoms with E-state index in [-0.39, 0.29) is 17.9 Å². The maximum atomic E-state index is 12.3. The molecule has 0 aliphatic carbocycles. The van der Waals surface area contributed by atoms with Gasteiger partial charge in [-0.3, -0.25) is 4.79 Å². The molecule has 0 bridgehead atoms. The van der Waals surface area contributed by atoms with E-state index in [1.165, 1.54) is 0 Å². The third-order valence-corrected chi connectivity index (χ3v) is 5.65. The van der Waals surface area contributed by atoms with Crippen molar-refractivity contribution >= 4 is 12.0 Å². The predicted molar refractivity (Wildman–Crippen MR) is 105 cm³/mol. The van der Waals surface area contributed by atoms with Gasteiger partial charge in [-0.1, -0.05) is 42.5 Å². The van der Waals surface area contributed by atoms with Crippen LogP contribution in [-0.4, -0.2) is 48.0 Å². The lowest BCUT2D eigenvalue weighted by Gasteiger charge is -2.32. The first-order valence-corrected chi connectivity index (χ1v) is 10.0. The Labute approximate surface area is 162 Å². The SMILES string of the molecule is CC=CC1CCN(CCC2CCN(C(=O)OCc3ccccc3)CC2)C1=O. The molecule has 2 aliphatic heterocycles. The lowest BCUT2D eigenvalue weighted by Crippen LogP contribution is -2.39. The van der Waals surface area contributed by atoms with Gasteiger partial charge in [0.25, 0.3) is 0 Å². The molecular formula is C22H30N2O3. The number of rotatable bonds is 6. The van der Waals surface area contributed by atoms with Crippen molar-refractivity contribution in [2.45, 2.75) is 39.2 Å². The quantitative estimate of drug-likeness (QED) is 0.715. The molecule has 2 amide bonds. The number of carbonyl (C=O) groups is 2. The number of nitrogens with zero attached hydrogens (tertiary/aromatic N) is 2. The number of benzene rings is 1. The summed E-state index contributed by atoms with van der Waals surface area (Å²) in [6, 6.07) is 9.76. The topological polar surface area (TPSA) is 49.9 Å². The van der Waals surface area contributed by atoms with Gasteiger partial charge in [-0.05, 0) is 44.1 Å². The number of amides is 2. The van der Waals surface area contributed by atoms with Crippen molar-refractivity contribution in [3.63, 3.8) is 0 Å². The van der Waals surface area contributed by atoms with E-state index in [0.717, 1.165) is 57.4 Å². The van der Waals surface area contributed by atoms with Crippen molar-refractivity contribution in [3.05, 3.63) is 48.0 Å². The maximum Gasteiger partial charge on any atom is 0.410 e. The number of hydrogen-bond acceptors (Lipinski definition) is 3. The largest absolute Gasteiger partial charge is 0.445 e. The molecule has 1 aromatic rings. The van der Waals surface area contributed by atoms with Crippen LogP contribution in [0.15, 0.2) is 42.5 Å². The van der Waals surface area contributed by atoms with Crippen molar-refractivity contribution in [2.75, 3.05) is 26.2 Å². The molecule has 0 spiro atoms. The van der Waals surface area contributed by atoms with Gasteiger partial charge in [-0.2, -0.15) is 0 Å². The Balaban J connectivity index is 1.35. The van der Waals surface area contributed by atoms with Crippen molar-refractivity contribution in [1.29, 1.82) is 0 Å². The highest BCUT2D eigenvalue weighted by Crippen LogP contribution is 2.24. The number of carbonyl (C=O) groups excluding carboxylic acids is 2. The molecule has 1 unspecified atom stereocenters. The summed E-state index contributed by atoms with van der Waals surface area (Å²) in [4.78, 5) is 28.3. The minimum absolute atomic E-state index is 0.0798. The summed E-state index contributed by atoms with van der Waals surface area (Å²) in [5.41, 5.74) is 1.01. The lowest BCUT2D eigenvalue weighted by atomic mass is 9.93. The summed E-state index contributed by atoms with van der Waals surface area (Å²) < 4.78 is 5.42. The predicted octanol–water partition coefficient (Wildman–Crippen LogP) is 3.85. The monoisotopic (exact) mass is 370 g/mol. The summed E-state index contributed by atoms with van der Waals surface area (Å²) >= 11 is 0. The molecule has 0 aromatic heterocycles. The van der Waals surface area contributed by atoms with Gasteiger partial charge in [0.1, 0.15) is 6.61 Å². The van der Waals surface area contributed by atoms with E-state index in [2.05, 4.69) is 0 Å². The third-order valence-electron chi connectivity index (χ3n) is 5.65. The Morgan fingerprint density at radius 1 is 1.15 bits per heavy atom. The van der Waals surface area contributed by atoms with Crippen LogP contribution >= 0.6 is 0 Å². The van der Waals surface area contributed by atoms with Gasteiger partial charge < -0.3 is 14.5 Å². The normalized spacial score (nSPS) is 21.2. The van der Waals surface area contributed by atoms with Crippen LogP contribution in [0.25, 0.3) is 0 Å². The number of ether oxygens (including phenoxy) is 1. The zero-order chi connectivity index (χ0) is 19.1. The number of likely N-dealkylation sites (tertiary alicyclic amines) is 2. The lowest BCUT2D eigenvalue weighted by molar-refractivity contribution is -0.130. The number of piperidine rings is 1. The van der Waals surface area contributed by atoms with Gasteiger partial charge in [-0.15, -0.1) is 0 Å². The van der Waals surface area contributed by atoms with Crippen LogP contribution in [-0.2, 0) is 16.1 Å². The van der Waals surface area contributed by atoms with E-state index in [9.17, 15) is 9.59 Å². The molecule has 1 aromatic carbocycles. The summed E-state index contributed by atoms with van der Waals surface area (Å²) in [6.07, 6.45) is 7.71. The molecule has 2 fully saturated rings. The van der Waals surface area contributed by atoms with Crippen LogP contribution in [0.5, 0.6) is 0 Å². The molecule has 2 heterocycles. The van der Waals surface area contributed by atoms with Gasteiger partial charge in [0.2, 0.25) is 5.91 Å². The fraction of sp³-hybridized carbons (Fsp3) is 0.545. The van der Waals surface area contributed by atoms with Gasteiger partial charge in [-0.25, -0.2) is 4.79 Å². The Kier molecular flexibility index (Phi) is 6.91. The Morgan fingerprint density at radius 3 is 2.59 bits per heavy atom. The smallest absolute Gasteiger partial charge is 0.410 e. The van der Waals surface area contributed by atoms with Crippen LogP contribution in [0, 0.1) is 11.8 Å². The van der Waals surface area contributed by atoms with E-state index in [1.54, 1.807) is 0 Å². The van der Waals surface area contributed by atoms with Crippen molar-refractivity contribution in [2.24, 2.45) is 11.8 Å². The minimum Gasteiger partial charge on any atom is -0.445 e. The summed E-state index contributed by atoms with van der Waals surface area (Å²) in [5.74, 6) is 0.933. The van der Waals surface area contributed by atoms with E-state index in [4.69, 9.17) is 4.74 Å². The van der Waals surface area contributed by atoms with Crippen molar-refractivity contribution < 1.29 is 14.3 Å². The van der Waals surface area contributed by atoms with Gasteiger partial charge in [0, 0.05) is 26.2 Å². The van der Waals surface area contributed by atoms with E-state index >= 15 is 0 Å². The van der Waals surface area contributed by atoms with Crippen LogP contribution in [0.2, 0.25) is 0 Å². The van der Waals surface area contributed by atoms with Crippen molar-refractivity contribution in [1.82, 2.24) is 9.80 Å². The maximum absolute atomic E-state index is 12.3. The molecule has 3 rings (SSSR count). The average molecular weight is 370 g/mol. The second-order valence-electron chi connectivity index (χ2n) is 7.51. The highest BCUT2D eigenvalue weighted by Gasteiger charge is 2.30. The summed E-state index contributed by atoms with van der Waals surface area (Å²) in [6.45, 7) is 5.49. The molecule has 5 nitrogen and oxygen atoms in total. The second-order valence-corrected chi connectivity index (χ2v) is 7.51. The fourth-order valence-electron chi connectivity index (χ4n) is 3.95. The van der Waals surface area contributed by atoms with E-state index in [0.29, 0.717) is 12.5 Å². The summed E-state index contributed by atoms with van der Waals surface area (Å²) in [5, 5.41) is 0. The molecule has 0 radical (unpaired) electrons. The van der Waals surface area contributed by atoms with E-state index < -0.39 is 0 Å². The first-order valence-electron chi connectivity index (χ1n) is 10.0. The zero-order valence-corrected chi connectivity index (χ0v) is 16.2. The standard InChI is InChI=1S/C22H30N2O3/c1-2-6-20-12-16-23(21(20)25)13-9-18-10-14-24(15-11-18)22(26)27-17-19-7-4-3-5-8-19/h2-8,18,20H,9-17H2,1H3. The van der Waals surface area contributed by atoms with Gasteiger partial charge in [0.05, 0.1) is 5.92 Å². The van der Waals surface area contributed by atoms with E-state index in [1.807, 2.05) is 59.2 Å². The van der Waals surface area contributed by atoms with Crippen LogP contribution < -0.4 is 0 Å². The molecule has 27 heavy (non-hydrogen) atoms. The molecule has 0 N–H and O–H groups in total. The fourth-order valence-corrected chi connectivity index (χ4v) is 3.95. The Bertz CT molecular complexity index is 651. The average Bonchev–Trinajstić information content (AvgIpc) is 3.06. The molecule has 0 saturated carbocycles. The van der Waals surface area contributed by atoms with Crippen LogP contribution in [0.4, 0.5) is 4.79 Å². The van der Waals surface area contributed by atoms with Gasteiger partial charge in [0.15, 0.2) is 0 Å². The highest BCUT2D eigenvalue weighted by molar-refractivity contribution is 5.82. The van der Waals surface area contributed by atoms with Crippen LogP contribution in [0.3, 0.4) is 0 Å².